The van der Waals surface area contributed by atoms with E-state index in [1.807, 2.05) is 11.8 Å². The van der Waals surface area contributed by atoms with Crippen LogP contribution in [0.4, 0.5) is 0 Å². The molecule has 2 aliphatic heterocycles. The van der Waals surface area contributed by atoms with E-state index in [0.717, 1.165) is 0 Å². The Kier molecular flexibility index (Phi) is 9.00. The number of carbonyl (C=O) groups excluding carboxylic acids is 1. The molecule has 2 heterocycles. The number of guanidine groups is 1. The van der Waals surface area contributed by atoms with E-state index < -0.39 is 24.4 Å². The molecule has 1 atom stereocenters. The molecule has 28 heavy (non-hydrogen) atoms. The number of nitrogens with zero attached hydrogens (tertiary/aromatic N) is 2. The number of nitrogens with one attached hydrogen (secondary N) is 2. The highest BCUT2D eigenvalue weighted by Crippen LogP contribution is 2.23. The third-order valence-electron chi connectivity index (χ3n) is 4.88. The molecule has 0 aromatic rings. The quantitative estimate of drug-likeness (QED) is 0.275. The summed E-state index contributed by atoms with van der Waals surface area (Å²) in [6, 6.07) is -0.312. The van der Waals surface area contributed by atoms with Crippen molar-refractivity contribution in [1.82, 2.24) is 15.5 Å². The Balaban J connectivity index is 0.00000392. The molecule has 1 unspecified atom stereocenters. The van der Waals surface area contributed by atoms with Crippen LogP contribution in [0.15, 0.2) is 4.99 Å². The lowest BCUT2D eigenvalue weighted by molar-refractivity contribution is -0.121. The van der Waals surface area contributed by atoms with E-state index in [1.54, 1.807) is 13.8 Å². The summed E-state index contributed by atoms with van der Waals surface area (Å²) in [7, 11) is -6.16. The molecular formula is C16H31IN4O5S2. The number of rotatable bonds is 5. The Morgan fingerprint density at radius 1 is 1.21 bits per heavy atom. The highest BCUT2D eigenvalue weighted by atomic mass is 127. The monoisotopic (exact) mass is 550 g/mol. The van der Waals surface area contributed by atoms with Gasteiger partial charge in [-0.15, -0.1) is 24.0 Å². The average Bonchev–Trinajstić information content (AvgIpc) is 2.88. The van der Waals surface area contributed by atoms with Crippen molar-refractivity contribution in [1.29, 1.82) is 0 Å². The summed E-state index contributed by atoms with van der Waals surface area (Å²) in [5.41, 5.74) is 0. The molecule has 2 saturated heterocycles. The van der Waals surface area contributed by atoms with Crippen molar-refractivity contribution < 1.29 is 21.6 Å². The SMILES string of the molecule is CCNC(=NCCC(=O)NC1CCS(=O)(=O)C1)N1CCS(=O)(=O)C(C)(C)C1.I. The average molecular weight is 550 g/mol. The summed E-state index contributed by atoms with van der Waals surface area (Å²) in [4.78, 5) is 18.4. The molecule has 2 N–H and O–H groups in total. The van der Waals surface area contributed by atoms with Crippen LogP contribution in [0.5, 0.6) is 0 Å². The van der Waals surface area contributed by atoms with E-state index in [4.69, 9.17) is 0 Å². The van der Waals surface area contributed by atoms with Crippen molar-refractivity contribution in [2.45, 2.75) is 44.4 Å². The molecule has 0 aromatic carbocycles. The summed E-state index contributed by atoms with van der Waals surface area (Å²) >= 11 is 0. The van der Waals surface area contributed by atoms with Gasteiger partial charge in [-0.3, -0.25) is 9.79 Å². The first-order valence-electron chi connectivity index (χ1n) is 9.21. The van der Waals surface area contributed by atoms with Crippen molar-refractivity contribution in [3.05, 3.63) is 0 Å². The number of carbonyl (C=O) groups is 1. The van der Waals surface area contributed by atoms with E-state index in [9.17, 15) is 21.6 Å². The highest BCUT2D eigenvalue weighted by molar-refractivity contribution is 14.0. The Bertz CT molecular complexity index is 796. The lowest BCUT2D eigenvalue weighted by Crippen LogP contribution is -2.57. The van der Waals surface area contributed by atoms with Gasteiger partial charge in [0.25, 0.3) is 0 Å². The van der Waals surface area contributed by atoms with E-state index >= 15 is 0 Å². The number of aliphatic imine (C=N–C) groups is 1. The van der Waals surface area contributed by atoms with Crippen LogP contribution in [0.2, 0.25) is 0 Å². The number of hydrogen-bond acceptors (Lipinski definition) is 6. The van der Waals surface area contributed by atoms with Crippen LogP contribution in [-0.2, 0) is 24.5 Å². The summed E-state index contributed by atoms with van der Waals surface area (Å²) < 4.78 is 46.3. The third kappa shape index (κ3) is 6.71. The lowest BCUT2D eigenvalue weighted by Gasteiger charge is -2.39. The molecule has 9 nitrogen and oxygen atoms in total. The highest BCUT2D eigenvalue weighted by Gasteiger charge is 2.41. The van der Waals surface area contributed by atoms with E-state index in [1.165, 1.54) is 0 Å². The van der Waals surface area contributed by atoms with Gasteiger partial charge in [0.15, 0.2) is 25.6 Å². The van der Waals surface area contributed by atoms with Crippen LogP contribution in [0.25, 0.3) is 0 Å². The number of sulfone groups is 2. The normalized spacial score (nSPS) is 25.6. The van der Waals surface area contributed by atoms with Crippen molar-refractivity contribution in [3.63, 3.8) is 0 Å². The zero-order valence-electron chi connectivity index (χ0n) is 16.6. The zero-order chi connectivity index (χ0) is 20.3. The fourth-order valence-corrected chi connectivity index (χ4v) is 6.26. The minimum atomic E-state index is -3.14. The molecule has 1 amide bonds. The first-order valence-corrected chi connectivity index (χ1v) is 12.7. The first-order chi connectivity index (χ1) is 12.5. The van der Waals surface area contributed by atoms with Crippen LogP contribution in [0, 0.1) is 0 Å². The van der Waals surface area contributed by atoms with Gasteiger partial charge in [-0.25, -0.2) is 16.8 Å². The van der Waals surface area contributed by atoms with E-state index in [2.05, 4.69) is 15.6 Å². The maximum Gasteiger partial charge on any atom is 0.222 e. The molecule has 0 saturated carbocycles. The van der Waals surface area contributed by atoms with Gasteiger partial charge in [0.1, 0.15) is 0 Å². The molecule has 2 aliphatic rings. The molecule has 2 fully saturated rings. The van der Waals surface area contributed by atoms with Crippen LogP contribution in [0.1, 0.15) is 33.6 Å². The van der Waals surface area contributed by atoms with Gasteiger partial charge in [0.05, 0.1) is 28.6 Å². The van der Waals surface area contributed by atoms with E-state index in [0.29, 0.717) is 32.0 Å². The standard InChI is InChI=1S/C16H30N4O5S2.HI/c1-4-17-15(20-8-10-27(24,25)16(2,3)12-20)18-7-5-14(21)19-13-6-9-26(22,23)11-13;/h13H,4-12H2,1-3H3,(H,17,18)(H,19,21);1H. The number of hydrogen-bond donors (Lipinski definition) is 2. The van der Waals surface area contributed by atoms with Gasteiger partial charge in [0, 0.05) is 32.1 Å². The van der Waals surface area contributed by atoms with Gasteiger partial charge in [-0.05, 0) is 27.2 Å². The number of amides is 1. The summed E-state index contributed by atoms with van der Waals surface area (Å²) in [5, 5.41) is 5.89. The fourth-order valence-electron chi connectivity index (χ4n) is 3.22. The summed E-state index contributed by atoms with van der Waals surface area (Å²) in [6.45, 7) is 6.93. The topological polar surface area (TPSA) is 125 Å². The first kappa shape index (κ1) is 25.4. The molecule has 12 heteroatoms. The van der Waals surface area contributed by atoms with Crippen LogP contribution in [0.3, 0.4) is 0 Å². The maximum atomic E-state index is 12.2. The second-order valence-corrected chi connectivity index (χ2v) is 12.6. The Morgan fingerprint density at radius 2 is 1.89 bits per heavy atom. The summed E-state index contributed by atoms with van der Waals surface area (Å²) in [6.07, 6.45) is 0.609. The van der Waals surface area contributed by atoms with Gasteiger partial charge < -0.3 is 15.5 Å². The Morgan fingerprint density at radius 3 is 2.43 bits per heavy atom. The molecule has 164 valence electrons. The molecule has 0 radical (unpaired) electrons. The number of halogens is 1. The van der Waals surface area contributed by atoms with Gasteiger partial charge >= 0.3 is 0 Å². The Hall–Kier alpha value is -0.630. The molecular weight excluding hydrogens is 519 g/mol. The maximum absolute atomic E-state index is 12.2. The molecule has 0 bridgehead atoms. The van der Waals surface area contributed by atoms with Crippen molar-refractivity contribution in [2.24, 2.45) is 4.99 Å². The van der Waals surface area contributed by atoms with Gasteiger partial charge in [-0.2, -0.15) is 0 Å². The van der Waals surface area contributed by atoms with Gasteiger partial charge in [0.2, 0.25) is 5.91 Å². The predicted molar refractivity (Wildman–Crippen MR) is 121 cm³/mol. The fraction of sp³-hybridized carbons (Fsp3) is 0.875. The minimum absolute atomic E-state index is 0. The molecule has 0 aromatic heterocycles. The van der Waals surface area contributed by atoms with Crippen LogP contribution < -0.4 is 10.6 Å². The third-order valence-corrected chi connectivity index (χ3v) is 9.18. The Labute approximate surface area is 185 Å². The second-order valence-electron chi connectivity index (χ2n) is 7.65. The van der Waals surface area contributed by atoms with Gasteiger partial charge in [-0.1, -0.05) is 0 Å². The molecule has 0 spiro atoms. The largest absolute Gasteiger partial charge is 0.357 e. The second kappa shape index (κ2) is 9.92. The van der Waals surface area contributed by atoms with Crippen LogP contribution >= 0.6 is 24.0 Å². The van der Waals surface area contributed by atoms with Crippen molar-refractivity contribution in [2.75, 3.05) is 43.4 Å². The summed E-state index contributed by atoms with van der Waals surface area (Å²) in [5.74, 6) is 0.562. The van der Waals surface area contributed by atoms with Crippen molar-refractivity contribution in [3.8, 4) is 0 Å². The smallest absolute Gasteiger partial charge is 0.222 e. The zero-order valence-corrected chi connectivity index (χ0v) is 20.6. The lowest BCUT2D eigenvalue weighted by atomic mass is 10.2. The predicted octanol–water partition coefficient (Wildman–Crippen LogP) is -0.228. The molecule has 2 rings (SSSR count). The molecule has 0 aliphatic carbocycles. The van der Waals surface area contributed by atoms with Crippen LogP contribution in [-0.4, -0.2) is 87.8 Å². The van der Waals surface area contributed by atoms with Crippen molar-refractivity contribution >= 4 is 55.5 Å². The van der Waals surface area contributed by atoms with E-state index in [-0.39, 0.29) is 66.1 Å². The minimum Gasteiger partial charge on any atom is -0.357 e.